The number of ether oxygens (including phenoxy) is 2. The fraction of sp³-hybridized carbons (Fsp3) is 0.412. The first-order valence-electron chi connectivity index (χ1n) is 7.83. The van der Waals surface area contributed by atoms with E-state index in [1.54, 1.807) is 18.2 Å². The normalized spacial score (nSPS) is 15.8. The quantitative estimate of drug-likeness (QED) is 0.662. The van der Waals surface area contributed by atoms with E-state index in [2.05, 4.69) is 5.16 Å². The van der Waals surface area contributed by atoms with Crippen LogP contribution in [0.5, 0.6) is 5.75 Å². The maximum Gasteiger partial charge on any atom is 0.214 e. The molecule has 1 heterocycles. The van der Waals surface area contributed by atoms with Crippen LogP contribution in [0.25, 0.3) is 0 Å². The summed E-state index contributed by atoms with van der Waals surface area (Å²) in [5.74, 6) is 0.664. The second-order valence-electron chi connectivity index (χ2n) is 6.05. The van der Waals surface area contributed by atoms with Gasteiger partial charge in [0.05, 0.1) is 0 Å². The summed E-state index contributed by atoms with van der Waals surface area (Å²) >= 11 is 0. The molecule has 1 saturated carbocycles. The zero-order chi connectivity index (χ0) is 18.0. The molecule has 1 aromatic carbocycles. The molecule has 0 aliphatic heterocycles. The number of ketones is 1. The van der Waals surface area contributed by atoms with Crippen molar-refractivity contribution in [3.05, 3.63) is 47.3 Å². The van der Waals surface area contributed by atoms with Crippen molar-refractivity contribution in [3.63, 3.8) is 0 Å². The summed E-state index contributed by atoms with van der Waals surface area (Å²) in [6.07, 6.45) is 4.48. The molecule has 0 spiro atoms. The van der Waals surface area contributed by atoms with Crippen molar-refractivity contribution < 1.29 is 27.2 Å². The van der Waals surface area contributed by atoms with Crippen molar-refractivity contribution in [2.45, 2.75) is 24.2 Å². The highest BCUT2D eigenvalue weighted by Gasteiger charge is 2.29. The topological polar surface area (TPSA) is 95.7 Å². The van der Waals surface area contributed by atoms with Crippen molar-refractivity contribution in [3.8, 4) is 5.75 Å². The summed E-state index contributed by atoms with van der Waals surface area (Å²) in [6.45, 7) is -0.106. The van der Waals surface area contributed by atoms with Crippen molar-refractivity contribution in [1.29, 1.82) is 0 Å². The van der Waals surface area contributed by atoms with Crippen LogP contribution in [0.2, 0.25) is 0 Å². The molecule has 1 aromatic heterocycles. The monoisotopic (exact) mass is 365 g/mol. The molecule has 1 unspecified atom stereocenters. The van der Waals surface area contributed by atoms with Crippen LogP contribution in [0.3, 0.4) is 0 Å². The summed E-state index contributed by atoms with van der Waals surface area (Å²) in [5.41, 5.74) is 0.607. The van der Waals surface area contributed by atoms with Gasteiger partial charge in [-0.1, -0.05) is 5.16 Å². The van der Waals surface area contributed by atoms with E-state index in [-0.39, 0.29) is 18.1 Å². The third kappa shape index (κ3) is 4.08. The lowest BCUT2D eigenvalue weighted by molar-refractivity contribution is 0.103. The molecule has 1 fully saturated rings. The summed E-state index contributed by atoms with van der Waals surface area (Å²) < 4.78 is 38.6. The highest BCUT2D eigenvalue weighted by atomic mass is 32.2. The minimum absolute atomic E-state index is 0.106. The zero-order valence-electron chi connectivity index (χ0n) is 14.0. The first-order chi connectivity index (χ1) is 11.9. The molecule has 1 aliphatic carbocycles. The van der Waals surface area contributed by atoms with Gasteiger partial charge in [0, 0.05) is 25.0 Å². The molecule has 3 rings (SSSR count). The Balaban J connectivity index is 1.82. The summed E-state index contributed by atoms with van der Waals surface area (Å²) in [5, 5.41) is 3.66. The Hall–Kier alpha value is -2.19. The van der Waals surface area contributed by atoms with Gasteiger partial charge in [-0.2, -0.15) is 0 Å². The molecule has 1 atom stereocenters. The predicted molar refractivity (Wildman–Crippen MR) is 89.5 cm³/mol. The average Bonchev–Trinajstić information content (AvgIpc) is 3.27. The number of rotatable bonds is 8. The Bertz CT molecular complexity index is 855. The van der Waals surface area contributed by atoms with Crippen LogP contribution in [0.1, 0.15) is 40.4 Å². The number of benzene rings is 1. The zero-order valence-corrected chi connectivity index (χ0v) is 14.8. The Labute approximate surface area is 145 Å². The lowest BCUT2D eigenvalue weighted by atomic mass is 10.0. The molecule has 1 aliphatic rings. The van der Waals surface area contributed by atoms with E-state index in [4.69, 9.17) is 14.0 Å². The molecule has 0 saturated heterocycles. The van der Waals surface area contributed by atoms with E-state index in [9.17, 15) is 13.2 Å². The summed E-state index contributed by atoms with van der Waals surface area (Å²) in [4.78, 5) is 12.4. The van der Waals surface area contributed by atoms with E-state index < -0.39 is 15.3 Å². The van der Waals surface area contributed by atoms with Crippen LogP contribution >= 0.6 is 0 Å². The maximum atomic E-state index is 12.4. The molecule has 134 valence electrons. The van der Waals surface area contributed by atoms with Crippen LogP contribution in [-0.4, -0.2) is 44.8 Å². The van der Waals surface area contributed by atoms with Gasteiger partial charge in [-0.3, -0.25) is 4.79 Å². The minimum atomic E-state index is -3.37. The van der Waals surface area contributed by atoms with E-state index >= 15 is 0 Å². The number of methoxy groups -OCH3 is 1. The number of nitrogens with zero attached hydrogens (tertiary/aromatic N) is 1. The van der Waals surface area contributed by atoms with E-state index in [1.807, 2.05) is 0 Å². The standard InChI is InChI=1S/C17H19NO6S/c1-22-16(25(2,20)21)10-23-15-6-5-12(9-13(15)11-3-4-11)17(19)14-7-8-24-18-14/h5-9,11,16H,3-4,10H2,1-2H3. The van der Waals surface area contributed by atoms with Crippen LogP contribution in [0.15, 0.2) is 35.1 Å². The molecule has 0 amide bonds. The lowest BCUT2D eigenvalue weighted by Crippen LogP contribution is -2.29. The van der Waals surface area contributed by atoms with Gasteiger partial charge in [0.15, 0.2) is 21.0 Å². The molecule has 25 heavy (non-hydrogen) atoms. The number of carbonyl (C=O) groups is 1. The van der Waals surface area contributed by atoms with Gasteiger partial charge in [0.1, 0.15) is 18.6 Å². The number of hydrogen-bond acceptors (Lipinski definition) is 7. The minimum Gasteiger partial charge on any atom is -0.489 e. The Morgan fingerprint density at radius 3 is 2.68 bits per heavy atom. The third-order valence-electron chi connectivity index (χ3n) is 4.07. The summed E-state index contributed by atoms with van der Waals surface area (Å²) in [7, 11) is -2.04. The highest BCUT2D eigenvalue weighted by molar-refractivity contribution is 7.91. The number of aromatic nitrogens is 1. The molecule has 2 aromatic rings. The second kappa shape index (κ2) is 6.97. The summed E-state index contributed by atoms with van der Waals surface area (Å²) in [6, 6.07) is 6.63. The van der Waals surface area contributed by atoms with Crippen LogP contribution in [0.4, 0.5) is 0 Å². The van der Waals surface area contributed by atoms with Gasteiger partial charge in [0.25, 0.3) is 0 Å². The number of carbonyl (C=O) groups excluding carboxylic acids is 1. The molecule has 0 bridgehead atoms. The lowest BCUT2D eigenvalue weighted by Gasteiger charge is -2.17. The Morgan fingerprint density at radius 2 is 2.12 bits per heavy atom. The molecule has 7 nitrogen and oxygen atoms in total. The predicted octanol–water partition coefficient (Wildman–Crippen LogP) is 2.18. The van der Waals surface area contributed by atoms with Gasteiger partial charge in [-0.25, -0.2) is 8.42 Å². The number of hydrogen-bond donors (Lipinski definition) is 0. The number of sulfone groups is 1. The first kappa shape index (κ1) is 17.6. The SMILES string of the molecule is COC(COc1ccc(C(=O)c2ccon2)cc1C1CC1)S(C)(=O)=O. The molecule has 0 radical (unpaired) electrons. The van der Waals surface area contributed by atoms with Gasteiger partial charge in [-0.15, -0.1) is 0 Å². The first-order valence-corrected chi connectivity index (χ1v) is 9.79. The van der Waals surface area contributed by atoms with Crippen LogP contribution < -0.4 is 4.74 Å². The smallest absolute Gasteiger partial charge is 0.214 e. The van der Waals surface area contributed by atoms with Crippen molar-refractivity contribution in [2.75, 3.05) is 20.0 Å². The fourth-order valence-corrected chi connectivity index (χ4v) is 3.20. The highest BCUT2D eigenvalue weighted by Crippen LogP contribution is 2.44. The average molecular weight is 365 g/mol. The third-order valence-corrected chi connectivity index (χ3v) is 5.36. The van der Waals surface area contributed by atoms with Crippen LogP contribution in [0, 0.1) is 0 Å². The van der Waals surface area contributed by atoms with Crippen LogP contribution in [-0.2, 0) is 14.6 Å². The molecular weight excluding hydrogens is 346 g/mol. The van der Waals surface area contributed by atoms with E-state index in [0.717, 1.165) is 24.7 Å². The molecule has 0 N–H and O–H groups in total. The van der Waals surface area contributed by atoms with Gasteiger partial charge in [-0.05, 0) is 42.5 Å². The van der Waals surface area contributed by atoms with E-state index in [0.29, 0.717) is 17.2 Å². The van der Waals surface area contributed by atoms with Gasteiger partial charge < -0.3 is 14.0 Å². The van der Waals surface area contributed by atoms with Crippen molar-refractivity contribution in [2.24, 2.45) is 0 Å². The van der Waals surface area contributed by atoms with Crippen molar-refractivity contribution >= 4 is 15.6 Å². The van der Waals surface area contributed by atoms with Gasteiger partial charge in [0.2, 0.25) is 5.78 Å². The second-order valence-corrected chi connectivity index (χ2v) is 8.23. The largest absolute Gasteiger partial charge is 0.489 e. The fourth-order valence-electron chi connectivity index (χ4n) is 2.54. The Kier molecular flexibility index (Phi) is 4.91. The van der Waals surface area contributed by atoms with Crippen molar-refractivity contribution in [1.82, 2.24) is 5.16 Å². The van der Waals surface area contributed by atoms with Gasteiger partial charge >= 0.3 is 0 Å². The maximum absolute atomic E-state index is 12.4. The Morgan fingerprint density at radius 1 is 1.36 bits per heavy atom. The molecular formula is C17H19NO6S. The molecule has 8 heteroatoms. The van der Waals surface area contributed by atoms with E-state index in [1.165, 1.54) is 19.4 Å².